The molecule has 83 heavy (non-hydrogen) atoms. The number of hydrogen-bond donors (Lipinski definition) is 4. The molecule has 10 rings (SSSR count). The van der Waals surface area contributed by atoms with E-state index in [9.17, 15) is 25.2 Å². The van der Waals surface area contributed by atoms with Crippen molar-refractivity contribution in [3.63, 3.8) is 0 Å². The molecule has 20 heteroatoms. The maximum absolute atomic E-state index is 13.5. The largest absolute Gasteiger partial charge is 0.497 e. The molecule has 0 bridgehead atoms. The van der Waals surface area contributed by atoms with E-state index in [1.807, 2.05) is 57.2 Å². The van der Waals surface area contributed by atoms with E-state index in [1.165, 1.54) is 6.20 Å². The lowest BCUT2D eigenvalue weighted by molar-refractivity contribution is -0.347. The quantitative estimate of drug-likeness (QED) is 0.0688. The van der Waals surface area contributed by atoms with Gasteiger partial charge in [-0.1, -0.05) is 55.8 Å². The molecule has 5 heterocycles. The molecular formula is C63H91NO19. The molecule has 0 spiro atoms. The van der Waals surface area contributed by atoms with Crippen molar-refractivity contribution in [3.05, 3.63) is 83.9 Å². The number of rotatable bonds is 18. The second-order valence-corrected chi connectivity index (χ2v) is 25.1. The van der Waals surface area contributed by atoms with Crippen molar-refractivity contribution in [2.45, 2.75) is 253 Å². The van der Waals surface area contributed by atoms with Crippen LogP contribution in [-0.2, 0) is 66.3 Å². The van der Waals surface area contributed by atoms with Gasteiger partial charge in [0.05, 0.1) is 72.2 Å². The normalized spacial score (nSPS) is 45.8. The molecule has 4 saturated heterocycles. The van der Waals surface area contributed by atoms with Crippen LogP contribution in [0.1, 0.15) is 135 Å². The van der Waals surface area contributed by atoms with Crippen molar-refractivity contribution in [1.82, 2.24) is 4.98 Å². The topological polar surface area (TPSA) is 240 Å². The summed E-state index contributed by atoms with van der Waals surface area (Å²) in [4.78, 5) is 17.5. The molecule has 0 radical (unpaired) electrons. The molecule has 1 unspecified atom stereocenters. The Morgan fingerprint density at radius 2 is 1.23 bits per heavy atom. The predicted molar refractivity (Wildman–Crippen MR) is 299 cm³/mol. The zero-order valence-electron chi connectivity index (χ0n) is 50.1. The number of aromatic nitrogens is 1. The summed E-state index contributed by atoms with van der Waals surface area (Å²) in [5.74, 6) is -1.12. The van der Waals surface area contributed by atoms with Crippen molar-refractivity contribution in [3.8, 4) is 0 Å². The first-order chi connectivity index (χ1) is 39.6. The summed E-state index contributed by atoms with van der Waals surface area (Å²) in [7, 11) is 6.52. The Bertz CT molecular complexity index is 2550. The molecule has 1 aromatic carbocycles. The SMILES string of the molecule is CO[C@H]1C[C@H](O[C@H]2[C@@H](OC)C[C@H](O[C@@H]3[C@@H](C)O[C@@H](O[C@H]4[C@@H](OC)C[C@H](O[C@H]5CC[C@@]6(C)C(=CC[C@]7(O)C6C[C@@H](O/C=C/c6ccccc6)[C@@]6(C)[C@]7(O)CC[C@@]6(O)[C@H](C)OC(=O)c6cccnc6)C5)O[C@@H]4C)C[C@H]3OC)O[C@@H]2C)O[C@H](C)[C@H]1O. The average molecular weight is 1170 g/mol. The van der Waals surface area contributed by atoms with Crippen LogP contribution in [0.15, 0.2) is 72.8 Å². The molecular weight excluding hydrogens is 1070 g/mol. The van der Waals surface area contributed by atoms with Crippen molar-refractivity contribution in [2.24, 2.45) is 16.7 Å². The lowest BCUT2D eigenvalue weighted by atomic mass is 9.42. The fourth-order valence-corrected chi connectivity index (χ4v) is 15.8. The van der Waals surface area contributed by atoms with Crippen LogP contribution in [0.2, 0.25) is 0 Å². The smallest absolute Gasteiger partial charge is 0.340 e. The van der Waals surface area contributed by atoms with Gasteiger partial charge in [-0.2, -0.15) is 0 Å². The molecule has 4 N–H and O–H groups in total. The van der Waals surface area contributed by atoms with E-state index < -0.39 is 144 Å². The van der Waals surface area contributed by atoms with Gasteiger partial charge in [-0.05, 0) is 109 Å². The number of fused-ring (bicyclic) bond motifs is 5. The highest BCUT2D eigenvalue weighted by Crippen LogP contribution is 2.71. The van der Waals surface area contributed by atoms with Gasteiger partial charge in [0.15, 0.2) is 25.2 Å². The highest BCUT2D eigenvalue weighted by Gasteiger charge is 2.81. The number of pyridine rings is 1. The van der Waals surface area contributed by atoms with E-state index in [0.717, 1.165) is 11.1 Å². The van der Waals surface area contributed by atoms with Crippen molar-refractivity contribution < 1.29 is 91.5 Å². The lowest BCUT2D eigenvalue weighted by Gasteiger charge is -2.67. The van der Waals surface area contributed by atoms with Gasteiger partial charge in [0, 0.05) is 72.4 Å². The molecule has 20 nitrogen and oxygen atoms in total. The van der Waals surface area contributed by atoms with Crippen molar-refractivity contribution >= 4 is 12.0 Å². The zero-order chi connectivity index (χ0) is 59.2. The van der Waals surface area contributed by atoms with Crippen LogP contribution in [0.4, 0.5) is 0 Å². The first-order valence-electron chi connectivity index (χ1n) is 30.0. The van der Waals surface area contributed by atoms with Gasteiger partial charge in [-0.3, -0.25) is 4.98 Å². The lowest BCUT2D eigenvalue weighted by Crippen LogP contribution is -2.78. The Balaban J connectivity index is 0.770. The fraction of sp³-hybridized carbons (Fsp3) is 0.746. The first-order valence-corrected chi connectivity index (χ1v) is 30.0. The third-order valence-electron chi connectivity index (χ3n) is 20.8. The van der Waals surface area contributed by atoms with Gasteiger partial charge in [0.25, 0.3) is 0 Å². The molecule has 4 aliphatic heterocycles. The maximum atomic E-state index is 13.5. The van der Waals surface area contributed by atoms with E-state index in [4.69, 9.17) is 66.3 Å². The van der Waals surface area contributed by atoms with E-state index in [-0.39, 0.29) is 37.0 Å². The van der Waals surface area contributed by atoms with E-state index in [1.54, 1.807) is 73.8 Å². The average Bonchev–Trinajstić information content (AvgIpc) is 1.63. The number of carbonyl (C=O) groups excluding carboxylic acids is 1. The number of benzene rings is 1. The highest BCUT2D eigenvalue weighted by molar-refractivity contribution is 5.89. The maximum Gasteiger partial charge on any atom is 0.340 e. The number of ether oxygens (including phenoxy) is 14. The van der Waals surface area contributed by atoms with Crippen LogP contribution in [0, 0.1) is 16.7 Å². The number of aliphatic hydroxyl groups excluding tert-OH is 1. The number of nitrogens with zero attached hydrogens (tertiary/aromatic N) is 1. The molecule has 25 atom stereocenters. The van der Waals surface area contributed by atoms with Crippen molar-refractivity contribution in [2.75, 3.05) is 28.4 Å². The minimum absolute atomic E-state index is 0.0515. The summed E-state index contributed by atoms with van der Waals surface area (Å²) in [6.45, 7) is 13.2. The Kier molecular flexibility index (Phi) is 19.1. The van der Waals surface area contributed by atoms with E-state index in [0.29, 0.717) is 51.4 Å². The summed E-state index contributed by atoms with van der Waals surface area (Å²) in [5, 5.41) is 50.3. The predicted octanol–water partition coefficient (Wildman–Crippen LogP) is 6.72. The second kappa shape index (κ2) is 25.3. The van der Waals surface area contributed by atoms with Gasteiger partial charge < -0.3 is 86.7 Å². The summed E-state index contributed by atoms with van der Waals surface area (Å²) in [6, 6.07) is 13.0. The number of aliphatic hydroxyl groups is 4. The molecule has 7 fully saturated rings. The molecule has 4 aliphatic carbocycles. The van der Waals surface area contributed by atoms with Crippen molar-refractivity contribution in [1.29, 1.82) is 0 Å². The van der Waals surface area contributed by atoms with Crippen LogP contribution in [0.25, 0.3) is 6.08 Å². The van der Waals surface area contributed by atoms with Gasteiger partial charge in [0.2, 0.25) is 0 Å². The van der Waals surface area contributed by atoms with Gasteiger partial charge >= 0.3 is 5.97 Å². The number of carbonyl (C=O) groups is 1. The zero-order valence-corrected chi connectivity index (χ0v) is 50.1. The summed E-state index contributed by atoms with van der Waals surface area (Å²) in [6.07, 6.45) is 2.34. The Morgan fingerprint density at radius 1 is 0.687 bits per heavy atom. The summed E-state index contributed by atoms with van der Waals surface area (Å²) in [5.41, 5.74) is -5.12. The Morgan fingerprint density at radius 3 is 1.77 bits per heavy atom. The summed E-state index contributed by atoms with van der Waals surface area (Å²) >= 11 is 0. The highest BCUT2D eigenvalue weighted by atomic mass is 16.8. The van der Waals surface area contributed by atoms with Crippen LogP contribution < -0.4 is 0 Å². The molecule has 1 aromatic heterocycles. The summed E-state index contributed by atoms with van der Waals surface area (Å²) < 4.78 is 88.5. The molecule has 8 aliphatic rings. The minimum atomic E-state index is -1.86. The number of hydrogen-bond acceptors (Lipinski definition) is 20. The monoisotopic (exact) mass is 1170 g/mol. The van der Waals surface area contributed by atoms with E-state index in [2.05, 4.69) is 18.0 Å². The van der Waals surface area contributed by atoms with Crippen LogP contribution in [-0.4, -0.2) is 193 Å². The van der Waals surface area contributed by atoms with E-state index >= 15 is 0 Å². The third-order valence-corrected chi connectivity index (χ3v) is 20.8. The van der Waals surface area contributed by atoms with Crippen LogP contribution in [0.3, 0.4) is 0 Å². The Hall–Kier alpha value is -3.52. The third kappa shape index (κ3) is 11.7. The first kappa shape index (κ1) is 62.5. The second-order valence-electron chi connectivity index (χ2n) is 25.1. The standard InChI is InChI=1S/C63H91NO19/c1-35-54(65)44(70-8)29-51(75-35)81-56-37(3)77-53(31-46(56)72-10)83-57-38(4)78-52(32-47(57)73-11)82-55-36(2)76-50(30-45(55)71-9)80-43-20-22-59(6)42(28-43)19-23-62(68)48(59)33-49(74-27-21-40-16-13-12-14-17-40)60(7)61(67,24-25-63(60,62)69)39(5)79-58(66)41-18-15-26-64-34-41/h12-19,21,26-27,34-39,43-57,65,67-69H,20,22-25,28-33H2,1-11H3/b27-21+/t35-,36-,37-,38-,39+,43+,44+,45+,46+,47-,48?,49-,50+,51+,52+,53+,54-,55-,56-,57-,59+,60-,61-,62+,63-/m1/s1. The molecule has 3 saturated carbocycles. The van der Waals surface area contributed by atoms with Crippen LogP contribution >= 0.6 is 0 Å². The minimum Gasteiger partial charge on any atom is -0.497 e. The Labute approximate surface area is 488 Å². The van der Waals surface area contributed by atoms with Gasteiger partial charge in [-0.25, -0.2) is 4.79 Å². The number of methoxy groups -OCH3 is 4. The molecule has 0 amide bonds. The van der Waals surface area contributed by atoms with Crippen LogP contribution in [0.5, 0.6) is 0 Å². The molecule has 2 aromatic rings. The van der Waals surface area contributed by atoms with Gasteiger partial charge in [-0.15, -0.1) is 0 Å². The fourth-order valence-electron chi connectivity index (χ4n) is 15.8. The number of esters is 1. The molecule has 462 valence electrons. The van der Waals surface area contributed by atoms with Gasteiger partial charge in [0.1, 0.15) is 53.4 Å².